The molecule has 0 aliphatic rings. The van der Waals surface area contributed by atoms with E-state index in [1.54, 1.807) is 6.08 Å². The fraction of sp³-hybridized carbons (Fsp3) is 0.105. The monoisotopic (exact) mass is 275 g/mol. The van der Waals surface area contributed by atoms with Gasteiger partial charge in [0.1, 0.15) is 11.2 Å². The van der Waals surface area contributed by atoms with Gasteiger partial charge in [-0.1, -0.05) is 42.5 Å². The Bertz CT molecular complexity index is 881. The summed E-state index contributed by atoms with van der Waals surface area (Å²) in [7, 11) is 0. The first kappa shape index (κ1) is 13.4. The molecule has 1 N–H and O–H groups in total. The minimum atomic E-state index is 0.919. The number of rotatable bonds is 3. The number of aryl methyl sites for hydroxylation is 1. The molecule has 0 aliphatic heterocycles. The molecule has 0 spiro atoms. The van der Waals surface area contributed by atoms with Gasteiger partial charge in [-0.25, -0.2) is 0 Å². The van der Waals surface area contributed by atoms with Gasteiger partial charge in [-0.3, -0.25) is 0 Å². The van der Waals surface area contributed by atoms with Crippen molar-refractivity contribution in [2.24, 2.45) is 0 Å². The molecule has 0 saturated carbocycles. The van der Waals surface area contributed by atoms with Crippen molar-refractivity contribution in [1.29, 1.82) is 5.41 Å². The van der Waals surface area contributed by atoms with Crippen molar-refractivity contribution in [1.82, 2.24) is 0 Å². The third-order valence-electron chi connectivity index (χ3n) is 3.70. The molecule has 0 fully saturated rings. The standard InChI is InChI=1S/C19H17NO/c1-13(7-5-6-12-20)18-14(2)10-11-16-15-8-3-4-9-17(15)21-19(16)18/h3-12,20H,1-2H3/b6-5-,13-7+,20-12?. The van der Waals surface area contributed by atoms with Gasteiger partial charge < -0.3 is 9.83 Å². The number of nitrogens with one attached hydrogen (secondary N) is 1. The van der Waals surface area contributed by atoms with E-state index in [0.29, 0.717) is 0 Å². The highest BCUT2D eigenvalue weighted by Gasteiger charge is 2.13. The molecule has 3 rings (SSSR count). The van der Waals surface area contributed by atoms with Gasteiger partial charge in [-0.05, 0) is 37.1 Å². The lowest BCUT2D eigenvalue weighted by Crippen LogP contribution is -1.86. The van der Waals surface area contributed by atoms with Gasteiger partial charge in [-0.15, -0.1) is 0 Å². The molecule has 0 bridgehead atoms. The fourth-order valence-electron chi connectivity index (χ4n) is 2.72. The Kier molecular flexibility index (Phi) is 3.44. The first-order valence-electron chi connectivity index (χ1n) is 6.97. The average Bonchev–Trinajstić information content (AvgIpc) is 2.85. The van der Waals surface area contributed by atoms with Crippen LogP contribution in [0.25, 0.3) is 27.5 Å². The second-order valence-corrected chi connectivity index (χ2v) is 5.13. The topological polar surface area (TPSA) is 37.0 Å². The lowest BCUT2D eigenvalue weighted by atomic mass is 9.98. The molecule has 2 heteroatoms. The van der Waals surface area contributed by atoms with Gasteiger partial charge >= 0.3 is 0 Å². The lowest BCUT2D eigenvalue weighted by Gasteiger charge is -2.06. The summed E-state index contributed by atoms with van der Waals surface area (Å²) in [4.78, 5) is 0. The summed E-state index contributed by atoms with van der Waals surface area (Å²) in [5.41, 5.74) is 5.32. The van der Waals surface area contributed by atoms with Crippen molar-refractivity contribution < 1.29 is 4.42 Å². The second-order valence-electron chi connectivity index (χ2n) is 5.13. The molecule has 0 radical (unpaired) electrons. The number of furan rings is 1. The Morgan fingerprint density at radius 1 is 1.05 bits per heavy atom. The molecule has 2 aromatic carbocycles. The lowest BCUT2D eigenvalue weighted by molar-refractivity contribution is 0.667. The minimum Gasteiger partial charge on any atom is -0.455 e. The van der Waals surface area contributed by atoms with Gasteiger partial charge in [-0.2, -0.15) is 0 Å². The maximum atomic E-state index is 7.04. The summed E-state index contributed by atoms with van der Waals surface area (Å²) in [5, 5.41) is 9.34. The van der Waals surface area contributed by atoms with Crippen LogP contribution in [-0.2, 0) is 0 Å². The molecule has 0 saturated heterocycles. The highest BCUT2D eigenvalue weighted by Crippen LogP contribution is 2.35. The smallest absolute Gasteiger partial charge is 0.143 e. The Morgan fingerprint density at radius 2 is 1.86 bits per heavy atom. The summed E-state index contributed by atoms with van der Waals surface area (Å²) in [6, 6.07) is 12.4. The Morgan fingerprint density at radius 3 is 2.67 bits per heavy atom. The predicted octanol–water partition coefficient (Wildman–Crippen LogP) is 5.50. The molecule has 0 atom stereocenters. The van der Waals surface area contributed by atoms with E-state index in [1.807, 2.05) is 30.4 Å². The predicted molar refractivity (Wildman–Crippen MR) is 90.0 cm³/mol. The summed E-state index contributed by atoms with van der Waals surface area (Å²) in [6.45, 7) is 4.17. The van der Waals surface area contributed by atoms with Crippen LogP contribution >= 0.6 is 0 Å². The van der Waals surface area contributed by atoms with Crippen LogP contribution in [0.2, 0.25) is 0 Å². The van der Waals surface area contributed by atoms with E-state index in [0.717, 1.165) is 33.1 Å². The van der Waals surface area contributed by atoms with E-state index in [1.165, 1.54) is 11.8 Å². The van der Waals surface area contributed by atoms with Crippen molar-refractivity contribution in [2.75, 3.05) is 0 Å². The van der Waals surface area contributed by atoms with Gasteiger partial charge in [0.2, 0.25) is 0 Å². The molecule has 21 heavy (non-hydrogen) atoms. The first-order valence-corrected chi connectivity index (χ1v) is 6.97. The van der Waals surface area contributed by atoms with E-state index in [4.69, 9.17) is 9.83 Å². The van der Waals surface area contributed by atoms with E-state index < -0.39 is 0 Å². The van der Waals surface area contributed by atoms with Gasteiger partial charge in [0.25, 0.3) is 0 Å². The van der Waals surface area contributed by atoms with Crippen LogP contribution < -0.4 is 0 Å². The second kappa shape index (κ2) is 5.41. The Hall–Kier alpha value is -2.61. The number of benzene rings is 2. The molecular weight excluding hydrogens is 258 g/mol. The molecule has 2 nitrogen and oxygen atoms in total. The van der Waals surface area contributed by atoms with Crippen LogP contribution in [0.3, 0.4) is 0 Å². The van der Waals surface area contributed by atoms with E-state index in [-0.39, 0.29) is 0 Å². The zero-order valence-corrected chi connectivity index (χ0v) is 12.2. The average molecular weight is 275 g/mol. The summed E-state index contributed by atoms with van der Waals surface area (Å²) in [5.74, 6) is 0. The van der Waals surface area contributed by atoms with Crippen molar-refractivity contribution in [3.63, 3.8) is 0 Å². The van der Waals surface area contributed by atoms with Gasteiger partial charge in [0.05, 0.1) is 0 Å². The van der Waals surface area contributed by atoms with E-state index in [2.05, 4.69) is 32.0 Å². The Balaban J connectivity index is 2.30. The van der Waals surface area contributed by atoms with Crippen molar-refractivity contribution in [2.45, 2.75) is 13.8 Å². The molecule has 0 unspecified atom stereocenters. The third-order valence-corrected chi connectivity index (χ3v) is 3.70. The van der Waals surface area contributed by atoms with Gasteiger partial charge in [0.15, 0.2) is 0 Å². The number of para-hydroxylation sites is 1. The van der Waals surface area contributed by atoms with Crippen LogP contribution in [0, 0.1) is 12.3 Å². The summed E-state index contributed by atoms with van der Waals surface area (Å²) < 4.78 is 6.08. The fourth-order valence-corrected chi connectivity index (χ4v) is 2.72. The minimum absolute atomic E-state index is 0.919. The zero-order chi connectivity index (χ0) is 14.8. The van der Waals surface area contributed by atoms with Crippen LogP contribution in [0.1, 0.15) is 18.1 Å². The van der Waals surface area contributed by atoms with E-state index >= 15 is 0 Å². The van der Waals surface area contributed by atoms with Crippen molar-refractivity contribution in [3.8, 4) is 0 Å². The van der Waals surface area contributed by atoms with Crippen molar-refractivity contribution in [3.05, 3.63) is 65.8 Å². The van der Waals surface area contributed by atoms with E-state index in [9.17, 15) is 0 Å². The SMILES string of the molecule is C/C(=C\C=C/C=N)c1c(C)ccc2c1oc1ccccc12. The molecular formula is C19H17NO. The first-order chi connectivity index (χ1) is 10.2. The van der Waals surface area contributed by atoms with Crippen LogP contribution in [0.5, 0.6) is 0 Å². The number of hydrogen-bond donors (Lipinski definition) is 1. The van der Waals surface area contributed by atoms with Crippen molar-refractivity contribution >= 4 is 33.7 Å². The van der Waals surface area contributed by atoms with Crippen LogP contribution in [0.4, 0.5) is 0 Å². The third kappa shape index (κ3) is 2.29. The van der Waals surface area contributed by atoms with Crippen LogP contribution in [0.15, 0.2) is 59.0 Å². The Labute approximate surface area is 123 Å². The zero-order valence-electron chi connectivity index (χ0n) is 12.2. The molecule has 3 aromatic rings. The highest BCUT2D eigenvalue weighted by atomic mass is 16.3. The quantitative estimate of drug-likeness (QED) is 0.497. The molecule has 0 aliphatic carbocycles. The number of hydrogen-bond acceptors (Lipinski definition) is 2. The molecule has 1 aromatic heterocycles. The summed E-state index contributed by atoms with van der Waals surface area (Å²) in [6.07, 6.45) is 6.87. The van der Waals surface area contributed by atoms with Gasteiger partial charge in [0, 0.05) is 22.6 Å². The number of allylic oxidation sites excluding steroid dienone is 4. The molecule has 104 valence electrons. The summed E-state index contributed by atoms with van der Waals surface area (Å²) >= 11 is 0. The maximum Gasteiger partial charge on any atom is 0.143 e. The largest absolute Gasteiger partial charge is 0.455 e. The normalized spacial score (nSPS) is 12.6. The molecule has 1 heterocycles. The highest BCUT2D eigenvalue weighted by molar-refractivity contribution is 6.08. The number of fused-ring (bicyclic) bond motifs is 3. The van der Waals surface area contributed by atoms with Crippen LogP contribution in [-0.4, -0.2) is 6.21 Å². The maximum absolute atomic E-state index is 7.04. The molecule has 0 amide bonds.